The molecule has 0 aromatic heterocycles. The summed E-state index contributed by atoms with van der Waals surface area (Å²) in [5.74, 6) is 2.17. The minimum Gasteiger partial charge on any atom is -0.497 e. The average molecular weight is 487 g/mol. The van der Waals surface area contributed by atoms with Gasteiger partial charge < -0.3 is 9.47 Å². The Bertz CT molecular complexity index is 1260. The Balaban J connectivity index is 1.42. The van der Waals surface area contributed by atoms with E-state index in [0.29, 0.717) is 23.3 Å². The molecule has 2 nitrogen and oxygen atoms in total. The van der Waals surface area contributed by atoms with Crippen molar-refractivity contribution in [1.29, 1.82) is 0 Å². The lowest BCUT2D eigenvalue weighted by Gasteiger charge is -2.26. The number of aryl methyl sites for hydroxylation is 1. The van der Waals surface area contributed by atoms with Crippen LogP contribution < -0.4 is 9.47 Å². The number of halogens is 1. The Kier molecular flexibility index (Phi) is 6.61. The molecule has 2 atom stereocenters. The Labute approximate surface area is 215 Å². The van der Waals surface area contributed by atoms with Gasteiger partial charge in [-0.1, -0.05) is 58.4 Å². The first-order valence-electron chi connectivity index (χ1n) is 13.5. The molecule has 0 bridgehead atoms. The number of benzene rings is 3. The Morgan fingerprint density at radius 3 is 2.50 bits per heavy atom. The van der Waals surface area contributed by atoms with E-state index in [1.54, 1.807) is 19.2 Å². The van der Waals surface area contributed by atoms with Crippen molar-refractivity contribution >= 4 is 0 Å². The summed E-state index contributed by atoms with van der Waals surface area (Å²) >= 11 is 0. The van der Waals surface area contributed by atoms with Crippen LogP contribution in [-0.2, 0) is 24.9 Å². The van der Waals surface area contributed by atoms with Gasteiger partial charge in [0.15, 0.2) is 0 Å². The normalized spacial score (nSPS) is 20.4. The number of hydrogen-bond acceptors (Lipinski definition) is 2. The van der Waals surface area contributed by atoms with Crippen molar-refractivity contribution in [2.24, 2.45) is 11.3 Å². The second-order valence-electron chi connectivity index (χ2n) is 11.8. The number of hydrogen-bond donors (Lipinski definition) is 0. The minimum absolute atomic E-state index is 0.119. The summed E-state index contributed by atoms with van der Waals surface area (Å²) in [5.41, 5.74) is 7.33. The van der Waals surface area contributed by atoms with Gasteiger partial charge in [0.2, 0.25) is 0 Å². The van der Waals surface area contributed by atoms with Gasteiger partial charge in [0.25, 0.3) is 0 Å². The molecule has 36 heavy (non-hydrogen) atoms. The highest BCUT2D eigenvalue weighted by atomic mass is 19.1. The molecule has 2 aliphatic carbocycles. The van der Waals surface area contributed by atoms with Crippen LogP contribution >= 0.6 is 0 Å². The minimum atomic E-state index is -0.226. The SMILES string of the molecule is CCCC(C)(C)Cc1cc(COc2ccc3c(c2)C2(CC3)CC2C)ccc1-c1cc(OC)ccc1F. The maximum absolute atomic E-state index is 14.9. The van der Waals surface area contributed by atoms with Crippen molar-refractivity contribution in [2.75, 3.05) is 7.11 Å². The lowest BCUT2D eigenvalue weighted by atomic mass is 9.79. The van der Waals surface area contributed by atoms with Gasteiger partial charge >= 0.3 is 0 Å². The van der Waals surface area contributed by atoms with Crippen molar-refractivity contribution in [3.63, 3.8) is 0 Å². The van der Waals surface area contributed by atoms with E-state index < -0.39 is 0 Å². The molecule has 2 aliphatic rings. The van der Waals surface area contributed by atoms with Gasteiger partial charge in [-0.15, -0.1) is 0 Å². The van der Waals surface area contributed by atoms with E-state index in [4.69, 9.17) is 9.47 Å². The fourth-order valence-electron chi connectivity index (χ4n) is 6.46. The molecular weight excluding hydrogens is 447 g/mol. The number of fused-ring (bicyclic) bond motifs is 2. The van der Waals surface area contributed by atoms with Gasteiger partial charge in [-0.3, -0.25) is 0 Å². The van der Waals surface area contributed by atoms with Crippen LogP contribution in [0.1, 0.15) is 75.6 Å². The maximum Gasteiger partial charge on any atom is 0.131 e. The standard InChI is InChI=1S/C33H39FO2/c1-6-14-32(3,4)20-25-16-23(7-11-28(25)29-17-26(35-5)10-12-31(29)34)21-36-27-9-8-24-13-15-33(19-22(33)2)30(24)18-27/h7-12,16-18,22H,6,13-15,19-21H2,1-5H3. The lowest BCUT2D eigenvalue weighted by Crippen LogP contribution is -2.15. The molecule has 1 fully saturated rings. The second-order valence-corrected chi connectivity index (χ2v) is 11.8. The largest absolute Gasteiger partial charge is 0.497 e. The van der Waals surface area contributed by atoms with Gasteiger partial charge in [0.1, 0.15) is 23.9 Å². The molecule has 0 N–H and O–H groups in total. The highest BCUT2D eigenvalue weighted by Gasteiger charge is 2.55. The Hall–Kier alpha value is -2.81. The molecule has 1 saturated carbocycles. The number of ether oxygens (including phenoxy) is 2. The van der Waals surface area contributed by atoms with Crippen LogP contribution in [0.4, 0.5) is 4.39 Å². The average Bonchev–Trinajstić information content (AvgIpc) is 3.37. The zero-order chi connectivity index (χ0) is 25.5. The molecule has 0 radical (unpaired) electrons. The second kappa shape index (κ2) is 9.57. The van der Waals surface area contributed by atoms with E-state index in [1.807, 2.05) is 0 Å². The van der Waals surface area contributed by atoms with Crippen molar-refractivity contribution < 1.29 is 13.9 Å². The summed E-state index contributed by atoms with van der Waals surface area (Å²) < 4.78 is 26.7. The molecule has 3 aromatic carbocycles. The van der Waals surface area contributed by atoms with Crippen LogP contribution in [0.15, 0.2) is 54.6 Å². The summed E-state index contributed by atoms with van der Waals surface area (Å²) in [5, 5.41) is 0. The van der Waals surface area contributed by atoms with Crippen molar-refractivity contribution in [3.8, 4) is 22.6 Å². The van der Waals surface area contributed by atoms with Crippen LogP contribution in [0.3, 0.4) is 0 Å². The summed E-state index contributed by atoms with van der Waals surface area (Å²) in [6.45, 7) is 9.69. The van der Waals surface area contributed by atoms with Crippen molar-refractivity contribution in [3.05, 3.63) is 82.7 Å². The molecule has 0 heterocycles. The highest BCUT2D eigenvalue weighted by molar-refractivity contribution is 5.70. The number of rotatable bonds is 9. The molecule has 3 aromatic rings. The van der Waals surface area contributed by atoms with Crippen LogP contribution in [0.5, 0.6) is 11.5 Å². The van der Waals surface area contributed by atoms with Crippen LogP contribution in [0.25, 0.3) is 11.1 Å². The fraction of sp³-hybridized carbons (Fsp3) is 0.455. The maximum atomic E-state index is 14.9. The monoisotopic (exact) mass is 486 g/mol. The van der Waals surface area contributed by atoms with Gasteiger partial charge in [-0.25, -0.2) is 4.39 Å². The molecule has 0 saturated heterocycles. The first-order valence-corrected chi connectivity index (χ1v) is 13.5. The predicted molar refractivity (Wildman–Crippen MR) is 145 cm³/mol. The lowest BCUT2D eigenvalue weighted by molar-refractivity contribution is 0.304. The Morgan fingerprint density at radius 1 is 1.00 bits per heavy atom. The zero-order valence-electron chi connectivity index (χ0n) is 22.4. The van der Waals surface area contributed by atoms with Crippen LogP contribution in [0, 0.1) is 17.2 Å². The molecule has 0 amide bonds. The molecular formula is C33H39FO2. The van der Waals surface area contributed by atoms with Crippen molar-refractivity contribution in [2.45, 2.75) is 78.2 Å². The van der Waals surface area contributed by atoms with E-state index in [-0.39, 0.29) is 11.2 Å². The van der Waals surface area contributed by atoms with E-state index in [2.05, 4.69) is 64.1 Å². The van der Waals surface area contributed by atoms with Gasteiger partial charge in [0.05, 0.1) is 7.11 Å². The topological polar surface area (TPSA) is 18.5 Å². The Morgan fingerprint density at radius 2 is 1.78 bits per heavy atom. The molecule has 2 unspecified atom stereocenters. The smallest absolute Gasteiger partial charge is 0.131 e. The van der Waals surface area contributed by atoms with E-state index in [1.165, 1.54) is 36.5 Å². The summed E-state index contributed by atoms with van der Waals surface area (Å²) in [4.78, 5) is 0. The first kappa shape index (κ1) is 24.9. The molecule has 1 spiro atoms. The fourth-order valence-corrected chi connectivity index (χ4v) is 6.46. The predicted octanol–water partition coefficient (Wildman–Crippen LogP) is 8.67. The molecule has 0 aliphatic heterocycles. The number of methoxy groups -OCH3 is 1. The van der Waals surface area contributed by atoms with Crippen LogP contribution in [0.2, 0.25) is 0 Å². The first-order chi connectivity index (χ1) is 17.2. The zero-order valence-corrected chi connectivity index (χ0v) is 22.4. The third-order valence-corrected chi connectivity index (χ3v) is 8.55. The summed E-state index contributed by atoms with van der Waals surface area (Å²) in [6, 6.07) is 18.0. The van der Waals surface area contributed by atoms with E-state index in [0.717, 1.165) is 47.6 Å². The van der Waals surface area contributed by atoms with Crippen LogP contribution in [-0.4, -0.2) is 7.11 Å². The van der Waals surface area contributed by atoms with E-state index >= 15 is 0 Å². The van der Waals surface area contributed by atoms with Gasteiger partial charge in [0, 0.05) is 5.56 Å². The third-order valence-electron chi connectivity index (χ3n) is 8.55. The molecule has 190 valence electrons. The van der Waals surface area contributed by atoms with Crippen molar-refractivity contribution in [1.82, 2.24) is 0 Å². The van der Waals surface area contributed by atoms with Gasteiger partial charge in [-0.05, 0) is 107 Å². The van der Waals surface area contributed by atoms with E-state index in [9.17, 15) is 4.39 Å². The highest BCUT2D eigenvalue weighted by Crippen LogP contribution is 2.61. The van der Waals surface area contributed by atoms with Gasteiger partial charge in [-0.2, -0.15) is 0 Å². The molecule has 5 rings (SSSR count). The quantitative estimate of drug-likeness (QED) is 0.301. The summed E-state index contributed by atoms with van der Waals surface area (Å²) in [6.07, 6.45) is 6.90. The summed E-state index contributed by atoms with van der Waals surface area (Å²) in [7, 11) is 1.62. The molecule has 3 heteroatoms. The third kappa shape index (κ3) is 4.77.